The third-order valence-electron chi connectivity index (χ3n) is 4.40. The summed E-state index contributed by atoms with van der Waals surface area (Å²) < 4.78 is 47.0. The number of alkyl halides is 3. The van der Waals surface area contributed by atoms with Crippen molar-refractivity contribution < 1.29 is 22.7 Å². The molecule has 3 rings (SSSR count). The fourth-order valence-corrected chi connectivity index (χ4v) is 3.93. The third-order valence-corrected chi connectivity index (χ3v) is 5.68. The molecular weight excluding hydrogens is 465 g/mol. The van der Waals surface area contributed by atoms with E-state index in [1.165, 1.54) is 18.2 Å². The number of nitrogens with zero attached hydrogens (tertiary/aromatic N) is 3. The van der Waals surface area contributed by atoms with Crippen LogP contribution in [0, 0.1) is 0 Å². The number of nitrogens with one attached hydrogen (secondary N) is 1. The predicted molar refractivity (Wildman–Crippen MR) is 117 cm³/mol. The van der Waals surface area contributed by atoms with Crippen LogP contribution in [0.3, 0.4) is 0 Å². The Morgan fingerprint density at radius 1 is 1.19 bits per heavy atom. The Bertz CT molecular complexity index is 1090. The molecule has 0 fully saturated rings. The summed E-state index contributed by atoms with van der Waals surface area (Å²) in [5, 5.41) is 11.5. The highest BCUT2D eigenvalue weighted by atomic mass is 35.5. The van der Waals surface area contributed by atoms with E-state index in [-0.39, 0.29) is 11.4 Å². The number of carbonyl (C=O) groups excluding carboxylic acids is 1. The van der Waals surface area contributed by atoms with Gasteiger partial charge in [0.1, 0.15) is 5.75 Å². The van der Waals surface area contributed by atoms with Gasteiger partial charge < -0.3 is 14.6 Å². The van der Waals surface area contributed by atoms with E-state index >= 15 is 0 Å². The van der Waals surface area contributed by atoms with Crippen LogP contribution >= 0.6 is 23.4 Å². The zero-order valence-electron chi connectivity index (χ0n) is 17.2. The van der Waals surface area contributed by atoms with Gasteiger partial charge in [-0.05, 0) is 38.1 Å². The van der Waals surface area contributed by atoms with E-state index in [4.69, 9.17) is 16.3 Å². The monoisotopic (exact) mass is 484 g/mol. The van der Waals surface area contributed by atoms with Crippen molar-refractivity contribution in [1.29, 1.82) is 0 Å². The van der Waals surface area contributed by atoms with Crippen LogP contribution in [0.1, 0.15) is 31.3 Å². The lowest BCUT2D eigenvalue weighted by Gasteiger charge is -2.16. The second-order valence-corrected chi connectivity index (χ2v) is 8.01. The molecule has 1 N–H and O–H groups in total. The first kappa shape index (κ1) is 23.9. The molecule has 0 spiro atoms. The van der Waals surface area contributed by atoms with E-state index in [9.17, 15) is 18.0 Å². The Balaban J connectivity index is 1.67. The van der Waals surface area contributed by atoms with Gasteiger partial charge in [-0.2, -0.15) is 13.2 Å². The van der Waals surface area contributed by atoms with Gasteiger partial charge in [0, 0.05) is 6.54 Å². The van der Waals surface area contributed by atoms with Gasteiger partial charge in [-0.25, -0.2) is 0 Å². The minimum absolute atomic E-state index is 0.135. The molecule has 1 heterocycles. The second kappa shape index (κ2) is 10.3. The van der Waals surface area contributed by atoms with Crippen molar-refractivity contribution >= 4 is 35.0 Å². The van der Waals surface area contributed by atoms with Crippen LogP contribution in [0.5, 0.6) is 5.75 Å². The fraction of sp³-hybridized carbons (Fsp3) is 0.286. The molecule has 3 aromatic rings. The maximum Gasteiger partial charge on any atom is 0.418 e. The van der Waals surface area contributed by atoms with Gasteiger partial charge in [-0.3, -0.25) is 4.79 Å². The molecule has 1 amide bonds. The average Bonchev–Trinajstić information content (AvgIpc) is 3.16. The number of anilines is 1. The lowest BCUT2D eigenvalue weighted by molar-refractivity contribution is -0.137. The smallest absolute Gasteiger partial charge is 0.418 e. The summed E-state index contributed by atoms with van der Waals surface area (Å²) in [6.07, 6.45) is -5.03. The highest BCUT2D eigenvalue weighted by molar-refractivity contribution is 7.99. The van der Waals surface area contributed by atoms with Crippen molar-refractivity contribution in [2.75, 3.05) is 11.1 Å². The second-order valence-electron chi connectivity index (χ2n) is 6.66. The number of ether oxygens (including phenoxy) is 1. The van der Waals surface area contributed by atoms with Gasteiger partial charge in [0.25, 0.3) is 0 Å². The normalized spacial score (nSPS) is 12.4. The van der Waals surface area contributed by atoms with Gasteiger partial charge in [0.05, 0.1) is 22.0 Å². The van der Waals surface area contributed by atoms with Crippen molar-refractivity contribution in [3.05, 3.63) is 64.9 Å². The standard InChI is InChI=1S/C21H20ClF3N4O2S/c1-3-29-19(13(2)31-17-11-7-5-9-15(17)22)27-28-20(29)32-12-18(30)26-16-10-6-4-8-14(16)21(23,24)25/h4-11,13H,3,12H2,1-2H3,(H,26,30). The molecule has 0 saturated heterocycles. The Morgan fingerprint density at radius 2 is 1.88 bits per heavy atom. The molecule has 6 nitrogen and oxygen atoms in total. The third kappa shape index (κ3) is 5.74. The van der Waals surface area contributed by atoms with Crippen LogP contribution in [-0.4, -0.2) is 26.4 Å². The van der Waals surface area contributed by atoms with Crippen LogP contribution in [0.2, 0.25) is 5.02 Å². The zero-order valence-corrected chi connectivity index (χ0v) is 18.8. The number of carbonyl (C=O) groups is 1. The minimum atomic E-state index is -4.56. The summed E-state index contributed by atoms with van der Waals surface area (Å²) in [7, 11) is 0. The number of para-hydroxylation sites is 2. The molecule has 2 aromatic carbocycles. The molecule has 0 aliphatic rings. The van der Waals surface area contributed by atoms with Crippen molar-refractivity contribution in [2.45, 2.75) is 37.8 Å². The largest absolute Gasteiger partial charge is 0.481 e. The van der Waals surface area contributed by atoms with Crippen LogP contribution in [0.4, 0.5) is 18.9 Å². The lowest BCUT2D eigenvalue weighted by atomic mass is 10.1. The number of amides is 1. The van der Waals surface area contributed by atoms with Crippen molar-refractivity contribution in [1.82, 2.24) is 14.8 Å². The van der Waals surface area contributed by atoms with Gasteiger partial charge in [0.2, 0.25) is 5.91 Å². The summed E-state index contributed by atoms with van der Waals surface area (Å²) in [5.41, 5.74) is -1.19. The van der Waals surface area contributed by atoms with E-state index in [1.54, 1.807) is 35.8 Å². The summed E-state index contributed by atoms with van der Waals surface area (Å²) in [6, 6.07) is 11.9. The highest BCUT2D eigenvalue weighted by Crippen LogP contribution is 2.35. The number of aromatic nitrogens is 3. The van der Waals surface area contributed by atoms with Crippen molar-refractivity contribution in [2.24, 2.45) is 0 Å². The zero-order chi connectivity index (χ0) is 23.3. The first-order valence-electron chi connectivity index (χ1n) is 9.63. The number of thioether (sulfide) groups is 1. The molecule has 1 aromatic heterocycles. The number of hydrogen-bond acceptors (Lipinski definition) is 5. The van der Waals surface area contributed by atoms with E-state index in [2.05, 4.69) is 15.5 Å². The summed E-state index contributed by atoms with van der Waals surface area (Å²) in [6.45, 7) is 4.20. The van der Waals surface area contributed by atoms with Gasteiger partial charge >= 0.3 is 6.18 Å². The van der Waals surface area contributed by atoms with Gasteiger partial charge in [0.15, 0.2) is 17.1 Å². The molecule has 0 radical (unpaired) electrons. The summed E-state index contributed by atoms with van der Waals surface area (Å²) >= 11 is 7.21. The maximum absolute atomic E-state index is 13.1. The van der Waals surface area contributed by atoms with Crippen molar-refractivity contribution in [3.8, 4) is 5.75 Å². The van der Waals surface area contributed by atoms with Gasteiger partial charge in [-0.15, -0.1) is 10.2 Å². The molecule has 170 valence electrons. The molecule has 0 aliphatic carbocycles. The Kier molecular flexibility index (Phi) is 7.68. The predicted octanol–water partition coefficient (Wildman–Crippen LogP) is 5.84. The number of hydrogen-bond donors (Lipinski definition) is 1. The average molecular weight is 485 g/mol. The molecular formula is C21H20ClF3N4O2S. The topological polar surface area (TPSA) is 69.0 Å². The molecule has 32 heavy (non-hydrogen) atoms. The van der Waals surface area contributed by atoms with Crippen LogP contribution in [-0.2, 0) is 17.5 Å². The van der Waals surface area contributed by atoms with E-state index in [0.29, 0.717) is 28.3 Å². The number of halogens is 4. The molecule has 1 unspecified atom stereocenters. The summed E-state index contributed by atoms with van der Waals surface area (Å²) in [4.78, 5) is 12.3. The van der Waals surface area contributed by atoms with E-state index in [1.807, 2.05) is 6.92 Å². The first-order chi connectivity index (χ1) is 15.2. The Hall–Kier alpha value is -2.72. The van der Waals surface area contributed by atoms with E-state index in [0.717, 1.165) is 17.8 Å². The fourth-order valence-electron chi connectivity index (χ4n) is 2.94. The molecule has 0 aliphatic heterocycles. The molecule has 0 bridgehead atoms. The minimum Gasteiger partial charge on any atom is -0.481 e. The van der Waals surface area contributed by atoms with E-state index < -0.39 is 23.8 Å². The molecule has 1 atom stereocenters. The van der Waals surface area contributed by atoms with Crippen LogP contribution in [0.15, 0.2) is 53.7 Å². The maximum atomic E-state index is 13.1. The lowest BCUT2D eigenvalue weighted by Crippen LogP contribution is -2.18. The molecule has 0 saturated carbocycles. The number of benzene rings is 2. The Labute approximate surface area is 192 Å². The van der Waals surface area contributed by atoms with Crippen LogP contribution in [0.25, 0.3) is 0 Å². The Morgan fingerprint density at radius 3 is 2.56 bits per heavy atom. The quantitative estimate of drug-likeness (QED) is 0.407. The van der Waals surface area contributed by atoms with Gasteiger partial charge in [-0.1, -0.05) is 47.6 Å². The van der Waals surface area contributed by atoms with Crippen LogP contribution < -0.4 is 10.1 Å². The summed E-state index contributed by atoms with van der Waals surface area (Å²) in [5.74, 6) is 0.325. The van der Waals surface area contributed by atoms with Crippen molar-refractivity contribution in [3.63, 3.8) is 0 Å². The number of rotatable bonds is 8. The highest BCUT2D eigenvalue weighted by Gasteiger charge is 2.33. The SMILES string of the molecule is CCn1c(SCC(=O)Nc2ccccc2C(F)(F)F)nnc1C(C)Oc1ccccc1Cl. The first-order valence-corrected chi connectivity index (χ1v) is 11.0. The molecule has 11 heteroatoms.